The lowest BCUT2D eigenvalue weighted by Gasteiger charge is -2.11. The van der Waals surface area contributed by atoms with Crippen LogP contribution in [0.4, 0.5) is 0 Å². The molecular weight excluding hydrogens is 230 g/mol. The maximum atomic E-state index is 4.20. The van der Waals surface area contributed by atoms with Gasteiger partial charge in [0.2, 0.25) is 0 Å². The van der Waals surface area contributed by atoms with Crippen molar-refractivity contribution in [2.45, 2.75) is 13.0 Å². The third kappa shape index (κ3) is 4.08. The van der Waals surface area contributed by atoms with E-state index in [2.05, 4.69) is 74.1 Å². The Bertz CT molecular complexity index is 523. The summed E-state index contributed by atoms with van der Waals surface area (Å²) < 4.78 is 0. The van der Waals surface area contributed by atoms with Crippen molar-refractivity contribution < 1.29 is 0 Å². The average molecular weight is 251 g/mol. The van der Waals surface area contributed by atoms with Crippen molar-refractivity contribution in [2.24, 2.45) is 0 Å². The van der Waals surface area contributed by atoms with Gasteiger partial charge in [-0.2, -0.15) is 0 Å². The fourth-order valence-corrected chi connectivity index (χ4v) is 2.16. The van der Waals surface area contributed by atoms with Gasteiger partial charge in [0.15, 0.2) is 0 Å². The van der Waals surface area contributed by atoms with Crippen LogP contribution in [0, 0.1) is 0 Å². The molecule has 19 heavy (non-hydrogen) atoms. The van der Waals surface area contributed by atoms with E-state index in [4.69, 9.17) is 0 Å². The first kappa shape index (κ1) is 13.6. The molecule has 0 bridgehead atoms. The van der Waals surface area contributed by atoms with Crippen LogP contribution < -0.4 is 0 Å². The Hall–Kier alpha value is -1.86. The topological polar surface area (TPSA) is 3.24 Å². The molecule has 0 fully saturated rings. The first-order chi connectivity index (χ1) is 9.15. The SMILES string of the molecule is C=C(Cc1ccccc1)c1ccc(CN(C)C)cc1. The summed E-state index contributed by atoms with van der Waals surface area (Å²) in [6, 6.07) is 19.2. The second kappa shape index (κ2) is 6.35. The molecule has 0 amide bonds. The first-order valence-electron chi connectivity index (χ1n) is 6.61. The van der Waals surface area contributed by atoms with Gasteiger partial charge in [-0.05, 0) is 42.8 Å². The molecule has 0 atom stereocenters. The minimum Gasteiger partial charge on any atom is -0.305 e. The molecule has 98 valence electrons. The van der Waals surface area contributed by atoms with E-state index in [0.29, 0.717) is 0 Å². The lowest BCUT2D eigenvalue weighted by Crippen LogP contribution is -2.10. The Morgan fingerprint density at radius 2 is 1.53 bits per heavy atom. The highest BCUT2D eigenvalue weighted by molar-refractivity contribution is 5.65. The molecule has 0 N–H and O–H groups in total. The van der Waals surface area contributed by atoms with Crippen LogP contribution in [-0.2, 0) is 13.0 Å². The van der Waals surface area contributed by atoms with Gasteiger partial charge in [0, 0.05) is 6.54 Å². The molecule has 2 aromatic carbocycles. The van der Waals surface area contributed by atoms with E-state index in [1.165, 1.54) is 22.3 Å². The Morgan fingerprint density at radius 3 is 2.11 bits per heavy atom. The van der Waals surface area contributed by atoms with E-state index in [1.54, 1.807) is 0 Å². The minimum atomic E-state index is 0.911. The minimum absolute atomic E-state index is 0.911. The van der Waals surface area contributed by atoms with E-state index in [-0.39, 0.29) is 0 Å². The predicted molar refractivity (Wildman–Crippen MR) is 83.0 cm³/mol. The molecule has 0 heterocycles. The summed E-state index contributed by atoms with van der Waals surface area (Å²) in [4.78, 5) is 2.17. The van der Waals surface area contributed by atoms with Crippen LogP contribution in [0.5, 0.6) is 0 Å². The van der Waals surface area contributed by atoms with Crippen LogP contribution in [0.1, 0.15) is 16.7 Å². The van der Waals surface area contributed by atoms with Crippen molar-refractivity contribution in [1.82, 2.24) is 4.90 Å². The molecule has 0 aromatic heterocycles. The van der Waals surface area contributed by atoms with Gasteiger partial charge < -0.3 is 4.90 Å². The highest BCUT2D eigenvalue weighted by atomic mass is 15.0. The van der Waals surface area contributed by atoms with Gasteiger partial charge in [0.05, 0.1) is 0 Å². The van der Waals surface area contributed by atoms with Crippen molar-refractivity contribution in [3.63, 3.8) is 0 Å². The highest BCUT2D eigenvalue weighted by Crippen LogP contribution is 2.18. The zero-order valence-electron chi connectivity index (χ0n) is 11.8. The average Bonchev–Trinajstić information content (AvgIpc) is 2.40. The number of allylic oxidation sites excluding steroid dienone is 1. The van der Waals surface area contributed by atoms with Gasteiger partial charge in [-0.3, -0.25) is 0 Å². The van der Waals surface area contributed by atoms with Gasteiger partial charge in [-0.15, -0.1) is 0 Å². The fourth-order valence-electron chi connectivity index (χ4n) is 2.16. The van der Waals surface area contributed by atoms with Gasteiger partial charge in [0.1, 0.15) is 0 Å². The van der Waals surface area contributed by atoms with Crippen molar-refractivity contribution in [1.29, 1.82) is 0 Å². The molecule has 0 saturated heterocycles. The summed E-state index contributed by atoms with van der Waals surface area (Å²) in [5, 5.41) is 0. The summed E-state index contributed by atoms with van der Waals surface area (Å²) in [6.45, 7) is 5.18. The van der Waals surface area contributed by atoms with Crippen molar-refractivity contribution in [2.75, 3.05) is 14.1 Å². The molecule has 1 nitrogen and oxygen atoms in total. The Kier molecular flexibility index (Phi) is 4.53. The lowest BCUT2D eigenvalue weighted by molar-refractivity contribution is 0.402. The smallest absolute Gasteiger partial charge is 0.0227 e. The summed E-state index contributed by atoms with van der Waals surface area (Å²) in [5.74, 6) is 0. The molecule has 1 heteroatoms. The number of rotatable bonds is 5. The Labute approximate surface area is 116 Å². The molecule has 0 saturated carbocycles. The fraction of sp³-hybridized carbons (Fsp3) is 0.222. The number of hydrogen-bond donors (Lipinski definition) is 0. The van der Waals surface area contributed by atoms with E-state index in [1.807, 2.05) is 6.07 Å². The van der Waals surface area contributed by atoms with Gasteiger partial charge in [0.25, 0.3) is 0 Å². The molecule has 0 aliphatic heterocycles. The molecule has 0 aliphatic rings. The Balaban J connectivity index is 2.04. The Morgan fingerprint density at radius 1 is 0.895 bits per heavy atom. The largest absolute Gasteiger partial charge is 0.305 e. The van der Waals surface area contributed by atoms with Crippen LogP contribution in [0.15, 0.2) is 61.2 Å². The van der Waals surface area contributed by atoms with E-state index in [9.17, 15) is 0 Å². The molecule has 0 spiro atoms. The maximum absolute atomic E-state index is 4.20. The molecule has 0 aliphatic carbocycles. The van der Waals surface area contributed by atoms with E-state index < -0.39 is 0 Å². The van der Waals surface area contributed by atoms with Crippen LogP contribution in [0.3, 0.4) is 0 Å². The van der Waals surface area contributed by atoms with Crippen molar-refractivity contribution >= 4 is 5.57 Å². The summed E-state index contributed by atoms with van der Waals surface area (Å²) in [6.07, 6.45) is 0.911. The predicted octanol–water partition coefficient (Wildman–Crippen LogP) is 4.00. The highest BCUT2D eigenvalue weighted by Gasteiger charge is 2.01. The first-order valence-corrected chi connectivity index (χ1v) is 6.61. The summed E-state index contributed by atoms with van der Waals surface area (Å²) in [7, 11) is 4.17. The lowest BCUT2D eigenvalue weighted by atomic mass is 9.99. The van der Waals surface area contributed by atoms with Crippen molar-refractivity contribution in [3.8, 4) is 0 Å². The molecule has 2 aromatic rings. The monoisotopic (exact) mass is 251 g/mol. The van der Waals surface area contributed by atoms with Crippen molar-refractivity contribution in [3.05, 3.63) is 77.9 Å². The molecular formula is C18H21N. The van der Waals surface area contributed by atoms with E-state index >= 15 is 0 Å². The second-order valence-corrected chi connectivity index (χ2v) is 5.20. The zero-order valence-corrected chi connectivity index (χ0v) is 11.8. The van der Waals surface area contributed by atoms with E-state index in [0.717, 1.165) is 13.0 Å². The third-order valence-corrected chi connectivity index (χ3v) is 3.12. The number of hydrogen-bond acceptors (Lipinski definition) is 1. The van der Waals surface area contributed by atoms with Crippen LogP contribution in [0.25, 0.3) is 5.57 Å². The van der Waals surface area contributed by atoms with Crippen LogP contribution >= 0.6 is 0 Å². The zero-order chi connectivity index (χ0) is 13.7. The maximum Gasteiger partial charge on any atom is 0.0227 e. The number of nitrogens with zero attached hydrogens (tertiary/aromatic N) is 1. The standard InChI is InChI=1S/C18H21N/c1-15(13-16-7-5-4-6-8-16)18-11-9-17(10-12-18)14-19(2)3/h4-12H,1,13-14H2,2-3H3. The van der Waals surface area contributed by atoms with Crippen LogP contribution in [-0.4, -0.2) is 19.0 Å². The van der Waals surface area contributed by atoms with Gasteiger partial charge in [-0.1, -0.05) is 61.2 Å². The second-order valence-electron chi connectivity index (χ2n) is 5.20. The summed E-state index contributed by atoms with van der Waals surface area (Å²) >= 11 is 0. The molecule has 0 unspecified atom stereocenters. The van der Waals surface area contributed by atoms with Crippen LogP contribution in [0.2, 0.25) is 0 Å². The molecule has 0 radical (unpaired) electrons. The summed E-state index contributed by atoms with van der Waals surface area (Å²) in [5.41, 5.74) is 5.04. The van der Waals surface area contributed by atoms with Gasteiger partial charge in [-0.25, -0.2) is 0 Å². The third-order valence-electron chi connectivity index (χ3n) is 3.12. The normalized spacial score (nSPS) is 10.7. The molecule has 2 rings (SSSR count). The van der Waals surface area contributed by atoms with Gasteiger partial charge >= 0.3 is 0 Å². The number of benzene rings is 2. The quantitative estimate of drug-likeness (QED) is 0.776.